The lowest BCUT2D eigenvalue weighted by atomic mass is 10.3. The molecule has 0 radical (unpaired) electrons. The summed E-state index contributed by atoms with van der Waals surface area (Å²) in [7, 11) is 3.88. The van der Waals surface area contributed by atoms with Gasteiger partial charge in [0.05, 0.1) is 11.4 Å². The van der Waals surface area contributed by atoms with E-state index < -0.39 is 12.2 Å². The summed E-state index contributed by atoms with van der Waals surface area (Å²) in [5.74, 6) is 1.30. The Balaban J connectivity index is 1.33. The Morgan fingerprint density at radius 3 is 1.44 bits per heavy atom. The SMILES string of the molecule is CN(Cc1ccccn1)C[C@H](O)COc1ccc(OC[C@H](O)CN(C)Cc2ccccn2)cc1. The molecule has 2 aromatic heterocycles. The first-order valence-electron chi connectivity index (χ1n) is 11.4. The highest BCUT2D eigenvalue weighted by molar-refractivity contribution is 5.31. The maximum atomic E-state index is 10.3. The molecule has 0 bridgehead atoms. The number of likely N-dealkylation sites (N-methyl/N-ethyl adjacent to an activating group) is 2. The number of aromatic nitrogens is 2. The van der Waals surface area contributed by atoms with E-state index >= 15 is 0 Å². The lowest BCUT2D eigenvalue weighted by Crippen LogP contribution is -2.33. The molecule has 0 amide bonds. The highest BCUT2D eigenvalue weighted by Crippen LogP contribution is 2.18. The largest absolute Gasteiger partial charge is 0.491 e. The molecule has 0 spiro atoms. The zero-order valence-corrected chi connectivity index (χ0v) is 19.8. The molecule has 182 valence electrons. The molecule has 0 fully saturated rings. The molecule has 1 aromatic carbocycles. The van der Waals surface area contributed by atoms with Crippen LogP contribution in [0.5, 0.6) is 11.5 Å². The normalized spacial score (nSPS) is 13.1. The smallest absolute Gasteiger partial charge is 0.119 e. The van der Waals surface area contributed by atoms with Crippen molar-refractivity contribution < 1.29 is 19.7 Å². The first kappa shape index (κ1) is 25.6. The summed E-state index contributed by atoms with van der Waals surface area (Å²) in [6, 6.07) is 18.8. The van der Waals surface area contributed by atoms with Crippen LogP contribution in [0.15, 0.2) is 73.1 Å². The van der Waals surface area contributed by atoms with Crippen LogP contribution < -0.4 is 9.47 Å². The van der Waals surface area contributed by atoms with E-state index in [0.717, 1.165) is 11.4 Å². The minimum Gasteiger partial charge on any atom is -0.491 e. The molecule has 0 saturated carbocycles. The Labute approximate surface area is 201 Å². The number of pyridine rings is 2. The summed E-state index contributed by atoms with van der Waals surface area (Å²) in [5, 5.41) is 20.6. The average Bonchev–Trinajstić information content (AvgIpc) is 2.83. The Kier molecular flexibility index (Phi) is 10.2. The fourth-order valence-electron chi connectivity index (χ4n) is 3.51. The van der Waals surface area contributed by atoms with Crippen molar-refractivity contribution in [1.29, 1.82) is 0 Å². The van der Waals surface area contributed by atoms with Crippen molar-refractivity contribution in [2.75, 3.05) is 40.4 Å². The van der Waals surface area contributed by atoms with Crippen molar-refractivity contribution in [3.63, 3.8) is 0 Å². The lowest BCUT2D eigenvalue weighted by Gasteiger charge is -2.21. The van der Waals surface area contributed by atoms with E-state index in [1.54, 1.807) is 36.7 Å². The second-order valence-corrected chi connectivity index (χ2v) is 8.44. The van der Waals surface area contributed by atoms with E-state index in [1.807, 2.05) is 60.3 Å². The van der Waals surface area contributed by atoms with Gasteiger partial charge in [0.25, 0.3) is 0 Å². The maximum Gasteiger partial charge on any atom is 0.119 e. The molecule has 3 rings (SSSR count). The van der Waals surface area contributed by atoms with Gasteiger partial charge >= 0.3 is 0 Å². The highest BCUT2D eigenvalue weighted by Gasteiger charge is 2.12. The van der Waals surface area contributed by atoms with Crippen LogP contribution in [-0.4, -0.2) is 82.6 Å². The van der Waals surface area contributed by atoms with Crippen molar-refractivity contribution in [3.05, 3.63) is 84.4 Å². The van der Waals surface area contributed by atoms with Crippen molar-refractivity contribution in [2.45, 2.75) is 25.3 Å². The van der Waals surface area contributed by atoms with Crippen LogP contribution >= 0.6 is 0 Å². The van der Waals surface area contributed by atoms with E-state index in [2.05, 4.69) is 9.97 Å². The third-order valence-corrected chi connectivity index (χ3v) is 5.07. The molecule has 3 aromatic rings. The average molecular weight is 467 g/mol. The van der Waals surface area contributed by atoms with Gasteiger partial charge in [-0.3, -0.25) is 19.8 Å². The van der Waals surface area contributed by atoms with Gasteiger partial charge in [-0.2, -0.15) is 0 Å². The van der Waals surface area contributed by atoms with Crippen LogP contribution in [0.1, 0.15) is 11.4 Å². The van der Waals surface area contributed by atoms with Crippen LogP contribution in [-0.2, 0) is 13.1 Å². The van der Waals surface area contributed by atoms with Gasteiger partial charge in [0, 0.05) is 38.6 Å². The Hall–Kier alpha value is -3.04. The van der Waals surface area contributed by atoms with Crippen LogP contribution in [0.2, 0.25) is 0 Å². The molecule has 8 nitrogen and oxygen atoms in total. The van der Waals surface area contributed by atoms with E-state index in [0.29, 0.717) is 37.7 Å². The second-order valence-electron chi connectivity index (χ2n) is 8.44. The third kappa shape index (κ3) is 9.44. The fraction of sp³-hybridized carbons (Fsp3) is 0.385. The van der Waals surface area contributed by atoms with E-state index in [9.17, 15) is 10.2 Å². The van der Waals surface area contributed by atoms with E-state index in [1.165, 1.54) is 0 Å². The molecule has 2 atom stereocenters. The topological polar surface area (TPSA) is 91.2 Å². The molecular formula is C26H34N4O4. The summed E-state index contributed by atoms with van der Waals surface area (Å²) in [4.78, 5) is 12.6. The van der Waals surface area contributed by atoms with Gasteiger partial charge < -0.3 is 19.7 Å². The Bertz CT molecular complexity index is 866. The molecule has 0 aliphatic rings. The first-order valence-corrected chi connectivity index (χ1v) is 11.4. The summed E-state index contributed by atoms with van der Waals surface area (Å²) >= 11 is 0. The van der Waals surface area contributed by atoms with Gasteiger partial charge in [-0.25, -0.2) is 0 Å². The summed E-state index contributed by atoms with van der Waals surface area (Å²) < 4.78 is 11.4. The minimum absolute atomic E-state index is 0.189. The molecule has 2 heterocycles. The highest BCUT2D eigenvalue weighted by atomic mass is 16.5. The van der Waals surface area contributed by atoms with Crippen LogP contribution in [0.4, 0.5) is 0 Å². The predicted octanol–water partition coefficient (Wildman–Crippen LogP) is 2.22. The van der Waals surface area contributed by atoms with Crippen molar-refractivity contribution >= 4 is 0 Å². The van der Waals surface area contributed by atoms with Gasteiger partial charge in [0.2, 0.25) is 0 Å². The Morgan fingerprint density at radius 2 is 1.09 bits per heavy atom. The van der Waals surface area contributed by atoms with Crippen LogP contribution in [0.3, 0.4) is 0 Å². The van der Waals surface area contributed by atoms with Crippen molar-refractivity contribution in [3.8, 4) is 11.5 Å². The molecule has 0 unspecified atom stereocenters. The number of aliphatic hydroxyl groups excluding tert-OH is 2. The fourth-order valence-corrected chi connectivity index (χ4v) is 3.51. The van der Waals surface area contributed by atoms with Gasteiger partial charge in [-0.1, -0.05) is 12.1 Å². The number of benzene rings is 1. The molecule has 8 heteroatoms. The number of rotatable bonds is 14. The Morgan fingerprint density at radius 1 is 0.676 bits per heavy atom. The second kappa shape index (κ2) is 13.6. The van der Waals surface area contributed by atoms with Crippen LogP contribution in [0.25, 0.3) is 0 Å². The number of hydrogen-bond acceptors (Lipinski definition) is 8. The summed E-state index contributed by atoms with van der Waals surface area (Å²) in [6.07, 6.45) is 2.28. The number of nitrogens with zero attached hydrogens (tertiary/aromatic N) is 4. The van der Waals surface area contributed by atoms with Gasteiger partial charge in [-0.05, 0) is 62.6 Å². The first-order chi connectivity index (χ1) is 16.5. The minimum atomic E-state index is -0.622. The van der Waals surface area contributed by atoms with Crippen molar-refractivity contribution in [2.24, 2.45) is 0 Å². The van der Waals surface area contributed by atoms with Gasteiger partial charge in [-0.15, -0.1) is 0 Å². The van der Waals surface area contributed by atoms with Crippen molar-refractivity contribution in [1.82, 2.24) is 19.8 Å². The standard InChI is InChI=1S/C26H34N4O4/c1-29(15-21-7-3-5-13-27-21)17-23(31)19-33-25-9-11-26(12-10-25)34-20-24(32)18-30(2)16-22-8-4-6-14-28-22/h3-14,23-24,31-32H,15-20H2,1-2H3/t23-,24+. The zero-order valence-electron chi connectivity index (χ0n) is 19.8. The third-order valence-electron chi connectivity index (χ3n) is 5.07. The predicted molar refractivity (Wildman–Crippen MR) is 131 cm³/mol. The number of hydrogen-bond donors (Lipinski definition) is 2. The molecule has 0 aliphatic carbocycles. The van der Waals surface area contributed by atoms with E-state index in [4.69, 9.17) is 9.47 Å². The quantitative estimate of drug-likeness (QED) is 0.374. The number of aliphatic hydroxyl groups is 2. The van der Waals surface area contributed by atoms with Gasteiger partial charge in [0.1, 0.15) is 36.9 Å². The monoisotopic (exact) mass is 466 g/mol. The summed E-state index contributed by atoms with van der Waals surface area (Å²) in [6.45, 7) is 2.65. The number of ether oxygens (including phenoxy) is 2. The van der Waals surface area contributed by atoms with Gasteiger partial charge in [0.15, 0.2) is 0 Å². The zero-order chi connectivity index (χ0) is 24.2. The lowest BCUT2D eigenvalue weighted by molar-refractivity contribution is 0.0725. The molecule has 2 N–H and O–H groups in total. The van der Waals surface area contributed by atoms with Crippen LogP contribution in [0, 0.1) is 0 Å². The maximum absolute atomic E-state index is 10.3. The molecule has 0 saturated heterocycles. The summed E-state index contributed by atoms with van der Waals surface area (Å²) in [5.41, 5.74) is 1.91. The van der Waals surface area contributed by atoms with E-state index in [-0.39, 0.29) is 13.2 Å². The molecule has 0 aliphatic heterocycles. The molecule has 34 heavy (non-hydrogen) atoms. The molecular weight excluding hydrogens is 432 g/mol.